The van der Waals surface area contributed by atoms with Crippen molar-refractivity contribution < 1.29 is 32.8 Å². The molecule has 2 atom stereocenters. The number of unbranched alkanes of at least 4 members (excludes halogenated alkanes) is 19. The van der Waals surface area contributed by atoms with E-state index in [0.29, 0.717) is 6.61 Å². The van der Waals surface area contributed by atoms with E-state index in [1.54, 1.807) is 0 Å². The van der Waals surface area contributed by atoms with Crippen molar-refractivity contribution in [1.82, 2.24) is 0 Å². The Morgan fingerprint density at radius 1 is 0.534 bits per heavy atom. The van der Waals surface area contributed by atoms with Crippen LogP contribution in [0.3, 0.4) is 0 Å². The van der Waals surface area contributed by atoms with Crippen molar-refractivity contribution in [3.05, 3.63) is 72.9 Å². The van der Waals surface area contributed by atoms with E-state index in [1.807, 2.05) is 0 Å². The molecule has 0 spiro atoms. The van der Waals surface area contributed by atoms with Crippen molar-refractivity contribution in [1.29, 1.82) is 0 Å². The summed E-state index contributed by atoms with van der Waals surface area (Å²) in [5.74, 6) is -0.362. The standard InChI is InChI=1S/C49H88NO7P/c1-3-5-7-9-11-13-15-17-18-19-20-21-22-23-24-25-26-27-28-29-31-33-35-37-39-41-44-54-46-48(47-56-58(52,53)55-45-43-50)57-49(51)42-40-38-36-34-32-30-16-14-12-10-8-6-4-2/h6,8,12,14-15,17,19-20,22-23,30,32,48H,3-5,7,9-11,13,16,18,21,24-29,31,33-47,50H2,1-2H3,(H,52,53)/b8-6-,14-12-,17-15-,20-19-,23-22-,32-30-. The Morgan fingerprint density at radius 3 is 1.45 bits per heavy atom. The molecule has 0 aliphatic carbocycles. The number of carbonyl (C=O) groups excluding carboxylic acids is 1. The van der Waals surface area contributed by atoms with E-state index in [2.05, 4.69) is 86.8 Å². The Labute approximate surface area is 356 Å². The molecular formula is C49H88NO7P. The summed E-state index contributed by atoms with van der Waals surface area (Å²) in [6.45, 7) is 4.74. The fourth-order valence-corrected chi connectivity index (χ4v) is 6.96. The maximum Gasteiger partial charge on any atom is 0.472 e. The van der Waals surface area contributed by atoms with E-state index in [0.717, 1.165) is 70.6 Å². The minimum atomic E-state index is -4.29. The van der Waals surface area contributed by atoms with Crippen LogP contribution in [0.2, 0.25) is 0 Å². The Bertz CT molecular complexity index is 1120. The molecule has 336 valence electrons. The molecule has 0 aromatic rings. The highest BCUT2D eigenvalue weighted by atomic mass is 31.2. The number of ether oxygens (including phenoxy) is 2. The van der Waals surface area contributed by atoms with E-state index in [-0.39, 0.29) is 38.8 Å². The molecule has 0 radical (unpaired) electrons. The first-order valence-electron chi connectivity index (χ1n) is 23.4. The van der Waals surface area contributed by atoms with Crippen LogP contribution < -0.4 is 5.73 Å². The van der Waals surface area contributed by atoms with Gasteiger partial charge in [0.15, 0.2) is 0 Å². The number of rotatable bonds is 44. The molecule has 0 saturated heterocycles. The van der Waals surface area contributed by atoms with Gasteiger partial charge in [-0.25, -0.2) is 4.57 Å². The van der Waals surface area contributed by atoms with Gasteiger partial charge >= 0.3 is 13.8 Å². The predicted molar refractivity (Wildman–Crippen MR) is 247 cm³/mol. The number of allylic oxidation sites excluding steroid dienone is 12. The quantitative estimate of drug-likeness (QED) is 0.0270. The highest BCUT2D eigenvalue weighted by Gasteiger charge is 2.25. The highest BCUT2D eigenvalue weighted by molar-refractivity contribution is 7.47. The number of hydrogen-bond donors (Lipinski definition) is 2. The smallest absolute Gasteiger partial charge is 0.457 e. The molecule has 0 amide bonds. The molecule has 0 saturated carbocycles. The summed E-state index contributed by atoms with van der Waals surface area (Å²) in [5, 5.41) is 0. The molecule has 58 heavy (non-hydrogen) atoms. The molecule has 8 nitrogen and oxygen atoms in total. The first-order chi connectivity index (χ1) is 28.4. The summed E-state index contributed by atoms with van der Waals surface area (Å²) < 4.78 is 33.4. The normalized spacial score (nSPS) is 14.1. The van der Waals surface area contributed by atoms with Crippen LogP contribution in [-0.4, -0.2) is 49.9 Å². The summed E-state index contributed by atoms with van der Waals surface area (Å²) in [6.07, 6.45) is 58.0. The van der Waals surface area contributed by atoms with Crippen molar-refractivity contribution in [3.8, 4) is 0 Å². The topological polar surface area (TPSA) is 117 Å². The lowest BCUT2D eigenvalue weighted by molar-refractivity contribution is -0.154. The summed E-state index contributed by atoms with van der Waals surface area (Å²) in [6, 6.07) is 0. The van der Waals surface area contributed by atoms with Gasteiger partial charge in [-0.2, -0.15) is 0 Å². The van der Waals surface area contributed by atoms with Gasteiger partial charge in [0.25, 0.3) is 0 Å². The van der Waals surface area contributed by atoms with Crippen LogP contribution in [-0.2, 0) is 27.9 Å². The summed E-state index contributed by atoms with van der Waals surface area (Å²) in [5.41, 5.74) is 5.37. The van der Waals surface area contributed by atoms with Crippen LogP contribution in [0.1, 0.15) is 194 Å². The number of phosphoric ester groups is 1. The van der Waals surface area contributed by atoms with Crippen molar-refractivity contribution >= 4 is 13.8 Å². The predicted octanol–water partition coefficient (Wildman–Crippen LogP) is 14.3. The lowest BCUT2D eigenvalue weighted by Gasteiger charge is -2.20. The summed E-state index contributed by atoms with van der Waals surface area (Å²) in [4.78, 5) is 22.5. The monoisotopic (exact) mass is 834 g/mol. The SMILES string of the molecule is CC/C=C\C/C=C\C/C=C\CCCCCC(=O)OC(COCCCCCCCCCCCCC/C=C\C/C=C\C/C=C\CCCCCCC)COP(=O)(O)OCCN. The Kier molecular flexibility index (Phi) is 44.4. The second kappa shape index (κ2) is 46.0. The van der Waals surface area contributed by atoms with Gasteiger partial charge in [-0.3, -0.25) is 13.8 Å². The average molecular weight is 834 g/mol. The Morgan fingerprint density at radius 2 is 0.966 bits per heavy atom. The van der Waals surface area contributed by atoms with Crippen molar-refractivity contribution in [2.75, 3.05) is 33.0 Å². The highest BCUT2D eigenvalue weighted by Crippen LogP contribution is 2.43. The van der Waals surface area contributed by atoms with Crippen molar-refractivity contribution in [2.45, 2.75) is 200 Å². The van der Waals surface area contributed by atoms with Gasteiger partial charge in [0, 0.05) is 19.6 Å². The van der Waals surface area contributed by atoms with Crippen LogP contribution in [0.5, 0.6) is 0 Å². The molecular weight excluding hydrogens is 746 g/mol. The van der Waals surface area contributed by atoms with E-state index in [9.17, 15) is 14.3 Å². The second-order valence-corrected chi connectivity index (χ2v) is 16.7. The number of carbonyl (C=O) groups is 1. The molecule has 0 heterocycles. The van der Waals surface area contributed by atoms with Crippen LogP contribution in [0.4, 0.5) is 0 Å². The molecule has 0 fully saturated rings. The zero-order valence-corrected chi connectivity index (χ0v) is 38.2. The zero-order chi connectivity index (χ0) is 42.3. The molecule has 2 unspecified atom stereocenters. The number of esters is 1. The molecule has 9 heteroatoms. The average Bonchev–Trinajstić information content (AvgIpc) is 3.21. The van der Waals surface area contributed by atoms with Crippen molar-refractivity contribution in [3.63, 3.8) is 0 Å². The largest absolute Gasteiger partial charge is 0.472 e. The molecule has 3 N–H and O–H groups in total. The Balaban J connectivity index is 3.96. The third-order valence-corrected chi connectivity index (χ3v) is 10.6. The number of phosphoric acid groups is 1. The van der Waals surface area contributed by atoms with Crippen LogP contribution in [0.15, 0.2) is 72.9 Å². The zero-order valence-electron chi connectivity index (χ0n) is 37.3. The van der Waals surface area contributed by atoms with Crippen molar-refractivity contribution in [2.24, 2.45) is 5.73 Å². The lowest BCUT2D eigenvalue weighted by Crippen LogP contribution is -2.28. The minimum absolute atomic E-state index is 0.0917. The third-order valence-electron chi connectivity index (χ3n) is 9.61. The third kappa shape index (κ3) is 45.0. The molecule has 0 aromatic heterocycles. The van der Waals surface area contributed by atoms with E-state index in [4.69, 9.17) is 24.3 Å². The fourth-order valence-electron chi connectivity index (χ4n) is 6.19. The van der Waals surface area contributed by atoms with Gasteiger partial charge in [-0.05, 0) is 83.5 Å². The Hall–Kier alpha value is -2.06. The van der Waals surface area contributed by atoms with Gasteiger partial charge in [0.2, 0.25) is 0 Å². The van der Waals surface area contributed by atoms with Crippen LogP contribution in [0, 0.1) is 0 Å². The fraction of sp³-hybridized carbons (Fsp3) is 0.735. The summed E-state index contributed by atoms with van der Waals surface area (Å²) >= 11 is 0. The van der Waals surface area contributed by atoms with E-state index in [1.165, 1.54) is 103 Å². The molecule has 0 rings (SSSR count). The molecule has 0 bridgehead atoms. The van der Waals surface area contributed by atoms with E-state index < -0.39 is 13.9 Å². The molecule has 0 aliphatic rings. The maximum atomic E-state index is 12.6. The van der Waals surface area contributed by atoms with Gasteiger partial charge in [-0.1, -0.05) is 177 Å². The summed E-state index contributed by atoms with van der Waals surface area (Å²) in [7, 11) is -4.29. The number of nitrogens with two attached hydrogens (primary N) is 1. The first kappa shape index (κ1) is 55.9. The first-order valence-corrected chi connectivity index (χ1v) is 24.9. The van der Waals surface area contributed by atoms with Gasteiger partial charge < -0.3 is 20.1 Å². The maximum absolute atomic E-state index is 12.6. The van der Waals surface area contributed by atoms with Gasteiger partial charge in [0.1, 0.15) is 6.10 Å². The van der Waals surface area contributed by atoms with Gasteiger partial charge in [-0.15, -0.1) is 0 Å². The van der Waals surface area contributed by atoms with E-state index >= 15 is 0 Å². The van der Waals surface area contributed by atoms with Gasteiger partial charge in [0.05, 0.1) is 19.8 Å². The minimum Gasteiger partial charge on any atom is -0.457 e. The van der Waals surface area contributed by atoms with Crippen LogP contribution >= 0.6 is 7.82 Å². The lowest BCUT2D eigenvalue weighted by atomic mass is 10.1. The molecule has 0 aromatic carbocycles. The molecule has 0 aliphatic heterocycles. The second-order valence-electron chi connectivity index (χ2n) is 15.2. The number of hydrogen-bond acceptors (Lipinski definition) is 7. The van der Waals surface area contributed by atoms with Crippen LogP contribution in [0.25, 0.3) is 0 Å².